The minimum atomic E-state index is -0.474. The Hall–Kier alpha value is -4.04. The molecule has 1 fully saturated rings. The molecular formula is C29H30N2O6. The number of nitrogens with zero attached hydrogens (tertiary/aromatic N) is 2. The number of benzene rings is 3. The summed E-state index contributed by atoms with van der Waals surface area (Å²) in [4.78, 5) is 29.4. The lowest BCUT2D eigenvalue weighted by Gasteiger charge is -2.37. The molecule has 1 atom stereocenters. The van der Waals surface area contributed by atoms with Crippen molar-refractivity contribution in [2.75, 3.05) is 51.3 Å². The lowest BCUT2D eigenvalue weighted by atomic mass is 10.1. The van der Waals surface area contributed by atoms with Gasteiger partial charge >= 0.3 is 5.97 Å². The number of methoxy groups -OCH3 is 1. The molecule has 1 unspecified atom stereocenters. The summed E-state index contributed by atoms with van der Waals surface area (Å²) in [5.74, 6) is 0.937. The van der Waals surface area contributed by atoms with Crippen molar-refractivity contribution in [2.24, 2.45) is 0 Å². The zero-order valence-corrected chi connectivity index (χ0v) is 21.0. The second kappa shape index (κ2) is 10.9. The zero-order chi connectivity index (χ0) is 25.8. The van der Waals surface area contributed by atoms with E-state index in [4.69, 9.17) is 18.6 Å². The minimum absolute atomic E-state index is 0.105. The third-order valence-electron chi connectivity index (χ3n) is 6.58. The van der Waals surface area contributed by atoms with Gasteiger partial charge in [0.05, 0.1) is 23.6 Å². The number of hydrogen-bond acceptors (Lipinski definition) is 8. The summed E-state index contributed by atoms with van der Waals surface area (Å²) < 4.78 is 23.2. The average Bonchev–Trinajstić information content (AvgIpc) is 2.92. The number of rotatable bonds is 8. The second-order valence-corrected chi connectivity index (χ2v) is 9.06. The molecule has 1 aliphatic heterocycles. The maximum absolute atomic E-state index is 13.0. The fourth-order valence-electron chi connectivity index (χ4n) is 4.80. The SMILES string of the molecule is COc1ccccc1N1CCN(CC(COc2cccc3c(=O)c4ccccc4oc23)OC(C)=O)CC1. The number of hydrogen-bond donors (Lipinski definition) is 0. The second-order valence-electron chi connectivity index (χ2n) is 9.06. The van der Waals surface area contributed by atoms with Crippen molar-refractivity contribution < 1.29 is 23.4 Å². The molecule has 0 saturated carbocycles. The number of anilines is 1. The first-order valence-electron chi connectivity index (χ1n) is 12.4. The smallest absolute Gasteiger partial charge is 0.303 e. The van der Waals surface area contributed by atoms with Crippen LogP contribution in [0.5, 0.6) is 11.5 Å². The molecule has 1 aliphatic rings. The van der Waals surface area contributed by atoms with Gasteiger partial charge in [-0.25, -0.2) is 0 Å². The van der Waals surface area contributed by atoms with Crippen molar-refractivity contribution in [1.82, 2.24) is 4.90 Å². The van der Waals surface area contributed by atoms with Crippen LogP contribution in [0.15, 0.2) is 75.9 Å². The molecule has 0 spiro atoms. The van der Waals surface area contributed by atoms with Gasteiger partial charge in [-0.1, -0.05) is 30.3 Å². The van der Waals surface area contributed by atoms with Gasteiger partial charge in [0.2, 0.25) is 5.43 Å². The first-order valence-corrected chi connectivity index (χ1v) is 12.4. The van der Waals surface area contributed by atoms with Crippen LogP contribution in [-0.2, 0) is 9.53 Å². The Bertz CT molecular complexity index is 1460. The monoisotopic (exact) mass is 502 g/mol. The van der Waals surface area contributed by atoms with Gasteiger partial charge in [0.1, 0.15) is 24.0 Å². The van der Waals surface area contributed by atoms with Crippen LogP contribution in [0.3, 0.4) is 0 Å². The summed E-state index contributed by atoms with van der Waals surface area (Å²) in [7, 11) is 1.68. The van der Waals surface area contributed by atoms with Gasteiger partial charge in [-0.05, 0) is 36.4 Å². The highest BCUT2D eigenvalue weighted by Crippen LogP contribution is 2.29. The molecule has 3 aromatic carbocycles. The van der Waals surface area contributed by atoms with E-state index in [2.05, 4.69) is 15.9 Å². The van der Waals surface area contributed by atoms with Crippen LogP contribution < -0.4 is 19.8 Å². The largest absolute Gasteiger partial charge is 0.495 e. The Balaban J connectivity index is 1.28. The summed E-state index contributed by atoms with van der Waals surface area (Å²) in [5.41, 5.74) is 1.86. The number of piperazine rings is 1. The molecule has 0 amide bonds. The van der Waals surface area contributed by atoms with Crippen LogP contribution in [0.4, 0.5) is 5.69 Å². The molecule has 5 rings (SSSR count). The Morgan fingerprint density at radius 2 is 1.62 bits per heavy atom. The fraction of sp³-hybridized carbons (Fsp3) is 0.310. The minimum Gasteiger partial charge on any atom is -0.495 e. The third kappa shape index (κ3) is 5.39. The van der Waals surface area contributed by atoms with Crippen LogP contribution in [0.2, 0.25) is 0 Å². The summed E-state index contributed by atoms with van der Waals surface area (Å²) in [6, 6.07) is 20.4. The first kappa shape index (κ1) is 24.6. The van der Waals surface area contributed by atoms with Crippen LogP contribution >= 0.6 is 0 Å². The Morgan fingerprint density at radius 1 is 0.919 bits per heavy atom. The molecule has 2 heterocycles. The molecule has 1 aromatic heterocycles. The molecule has 37 heavy (non-hydrogen) atoms. The molecule has 0 aliphatic carbocycles. The normalized spacial score (nSPS) is 15.0. The predicted octanol–water partition coefficient (Wildman–Crippen LogP) is 4.09. The standard InChI is InChI=1S/C29H30N2O6/c1-20(32)36-21(18-30-14-16-31(17-15-30)24-10-4-6-12-26(24)34-2)19-35-27-13-7-9-23-28(33)22-8-3-5-11-25(22)37-29(23)27/h3-13,21H,14-19H2,1-2H3. The van der Waals surface area contributed by atoms with Gasteiger partial charge in [-0.3, -0.25) is 14.5 Å². The number of carbonyl (C=O) groups is 1. The summed E-state index contributed by atoms with van der Waals surface area (Å²) in [6.45, 7) is 5.36. The molecule has 0 radical (unpaired) electrons. The van der Waals surface area contributed by atoms with E-state index in [1.807, 2.05) is 30.3 Å². The Kier molecular flexibility index (Phi) is 7.28. The van der Waals surface area contributed by atoms with E-state index in [9.17, 15) is 9.59 Å². The maximum Gasteiger partial charge on any atom is 0.303 e. The Labute approximate surface area is 214 Å². The summed E-state index contributed by atoms with van der Waals surface area (Å²) >= 11 is 0. The molecule has 0 N–H and O–H groups in total. The maximum atomic E-state index is 13.0. The highest BCUT2D eigenvalue weighted by Gasteiger charge is 2.24. The fourth-order valence-corrected chi connectivity index (χ4v) is 4.80. The topological polar surface area (TPSA) is 81.5 Å². The van der Waals surface area contributed by atoms with Crippen molar-refractivity contribution in [1.29, 1.82) is 0 Å². The molecular weight excluding hydrogens is 472 g/mol. The summed E-state index contributed by atoms with van der Waals surface area (Å²) in [6.07, 6.45) is -0.474. The first-order chi connectivity index (χ1) is 18.0. The van der Waals surface area contributed by atoms with Gasteiger partial charge in [-0.15, -0.1) is 0 Å². The summed E-state index contributed by atoms with van der Waals surface area (Å²) in [5, 5.41) is 0.977. The number of esters is 1. The predicted molar refractivity (Wildman–Crippen MR) is 143 cm³/mol. The van der Waals surface area contributed by atoms with Crippen molar-refractivity contribution in [2.45, 2.75) is 13.0 Å². The quantitative estimate of drug-likeness (QED) is 0.263. The van der Waals surface area contributed by atoms with Gasteiger partial charge in [0.25, 0.3) is 0 Å². The molecule has 192 valence electrons. The van der Waals surface area contributed by atoms with Gasteiger partial charge in [-0.2, -0.15) is 0 Å². The average molecular weight is 503 g/mol. The number of para-hydroxylation sites is 4. The molecule has 8 heteroatoms. The van der Waals surface area contributed by atoms with Crippen LogP contribution in [0.25, 0.3) is 21.9 Å². The van der Waals surface area contributed by atoms with Gasteiger partial charge in [0, 0.05) is 39.6 Å². The molecule has 1 saturated heterocycles. The number of ether oxygens (including phenoxy) is 3. The third-order valence-corrected chi connectivity index (χ3v) is 6.58. The zero-order valence-electron chi connectivity index (χ0n) is 21.0. The van der Waals surface area contributed by atoms with E-state index >= 15 is 0 Å². The number of fused-ring (bicyclic) bond motifs is 2. The highest BCUT2D eigenvalue weighted by atomic mass is 16.6. The van der Waals surface area contributed by atoms with E-state index < -0.39 is 6.10 Å². The number of carbonyl (C=O) groups excluding carboxylic acids is 1. The van der Waals surface area contributed by atoms with Crippen molar-refractivity contribution in [3.63, 3.8) is 0 Å². The van der Waals surface area contributed by atoms with Crippen molar-refractivity contribution in [3.05, 3.63) is 77.0 Å². The van der Waals surface area contributed by atoms with Crippen LogP contribution in [0.1, 0.15) is 6.92 Å². The Morgan fingerprint density at radius 3 is 2.41 bits per heavy atom. The van der Waals surface area contributed by atoms with Crippen molar-refractivity contribution >= 4 is 33.6 Å². The molecule has 8 nitrogen and oxygen atoms in total. The highest BCUT2D eigenvalue weighted by molar-refractivity contribution is 5.92. The van der Waals surface area contributed by atoms with E-state index in [1.165, 1.54) is 6.92 Å². The van der Waals surface area contributed by atoms with E-state index in [0.29, 0.717) is 34.2 Å². The lowest BCUT2D eigenvalue weighted by molar-refractivity contribution is -0.148. The molecule has 0 bridgehead atoms. The van der Waals surface area contributed by atoms with E-state index in [0.717, 1.165) is 37.6 Å². The van der Waals surface area contributed by atoms with E-state index in [1.54, 1.807) is 37.4 Å². The van der Waals surface area contributed by atoms with Gasteiger partial charge in [0.15, 0.2) is 11.3 Å². The van der Waals surface area contributed by atoms with Gasteiger partial charge < -0.3 is 23.5 Å². The van der Waals surface area contributed by atoms with Crippen molar-refractivity contribution in [3.8, 4) is 11.5 Å². The van der Waals surface area contributed by atoms with Crippen LogP contribution in [-0.4, -0.2) is 63.4 Å². The lowest BCUT2D eigenvalue weighted by Crippen LogP contribution is -2.50. The molecule has 4 aromatic rings. The van der Waals surface area contributed by atoms with Crippen LogP contribution in [0, 0.1) is 0 Å². The van der Waals surface area contributed by atoms with E-state index in [-0.39, 0.29) is 18.0 Å².